The molecule has 20 heavy (non-hydrogen) atoms. The first kappa shape index (κ1) is 14.8. The fraction of sp³-hybridized carbons (Fsp3) is 0.200. The van der Waals surface area contributed by atoms with E-state index in [-0.39, 0.29) is 11.6 Å². The summed E-state index contributed by atoms with van der Waals surface area (Å²) in [6.45, 7) is 0. The van der Waals surface area contributed by atoms with Crippen LogP contribution in [0.5, 0.6) is 5.75 Å². The summed E-state index contributed by atoms with van der Waals surface area (Å²) < 4.78 is 32.0. The van der Waals surface area contributed by atoms with Gasteiger partial charge in [-0.05, 0) is 24.3 Å². The van der Waals surface area contributed by atoms with Crippen LogP contribution in [0, 0.1) is 11.6 Å². The molecule has 2 aromatic rings. The van der Waals surface area contributed by atoms with Gasteiger partial charge in [0.1, 0.15) is 5.82 Å². The minimum atomic E-state index is -0.488. The Labute approximate surface area is 120 Å². The van der Waals surface area contributed by atoms with E-state index in [0.717, 1.165) is 4.90 Å². The Hall–Kier alpha value is -1.59. The number of hydrogen-bond donors (Lipinski definition) is 1. The maximum Gasteiger partial charge on any atom is 0.169 e. The Morgan fingerprint density at radius 1 is 1.20 bits per heavy atom. The van der Waals surface area contributed by atoms with Gasteiger partial charge in [0.25, 0.3) is 0 Å². The summed E-state index contributed by atoms with van der Waals surface area (Å²) in [6, 6.07) is 10.6. The van der Waals surface area contributed by atoms with Crippen molar-refractivity contribution in [2.75, 3.05) is 12.9 Å². The molecule has 0 aliphatic rings. The molecule has 0 saturated carbocycles. The van der Waals surface area contributed by atoms with Crippen LogP contribution < -0.4 is 10.5 Å². The summed E-state index contributed by atoms with van der Waals surface area (Å²) in [6.07, 6.45) is 0. The number of nitrogens with two attached hydrogens (primary N) is 1. The molecule has 106 valence electrons. The van der Waals surface area contributed by atoms with Crippen LogP contribution in [0.15, 0.2) is 47.4 Å². The Morgan fingerprint density at radius 3 is 2.65 bits per heavy atom. The van der Waals surface area contributed by atoms with Gasteiger partial charge in [-0.2, -0.15) is 0 Å². The largest absolute Gasteiger partial charge is 0.494 e. The summed E-state index contributed by atoms with van der Waals surface area (Å²) in [5.41, 5.74) is 6.39. The van der Waals surface area contributed by atoms with Crippen molar-refractivity contribution in [3.63, 3.8) is 0 Å². The van der Waals surface area contributed by atoms with E-state index < -0.39 is 11.9 Å². The van der Waals surface area contributed by atoms with E-state index in [1.54, 1.807) is 30.3 Å². The van der Waals surface area contributed by atoms with Crippen molar-refractivity contribution in [3.05, 3.63) is 59.7 Å². The van der Waals surface area contributed by atoms with E-state index in [2.05, 4.69) is 0 Å². The number of benzene rings is 2. The number of halogens is 2. The quantitative estimate of drug-likeness (QED) is 0.853. The van der Waals surface area contributed by atoms with Gasteiger partial charge in [0.15, 0.2) is 11.6 Å². The highest BCUT2D eigenvalue weighted by Crippen LogP contribution is 2.28. The molecule has 0 aromatic heterocycles. The molecule has 0 fully saturated rings. The first-order valence-electron chi connectivity index (χ1n) is 6.08. The predicted molar refractivity (Wildman–Crippen MR) is 77.0 cm³/mol. The highest BCUT2D eigenvalue weighted by molar-refractivity contribution is 7.99. The molecule has 0 amide bonds. The normalized spacial score (nSPS) is 12.2. The Morgan fingerprint density at radius 2 is 1.95 bits per heavy atom. The summed E-state index contributed by atoms with van der Waals surface area (Å²) in [5.74, 6) is -0.111. The van der Waals surface area contributed by atoms with Crippen molar-refractivity contribution < 1.29 is 13.5 Å². The SMILES string of the molecule is COc1cccc(C(N)CSc2cccc(F)c2)c1F. The second-order valence-corrected chi connectivity index (χ2v) is 5.33. The van der Waals surface area contributed by atoms with Crippen LogP contribution in [-0.4, -0.2) is 12.9 Å². The van der Waals surface area contributed by atoms with Gasteiger partial charge >= 0.3 is 0 Å². The lowest BCUT2D eigenvalue weighted by Gasteiger charge is -2.14. The lowest BCUT2D eigenvalue weighted by molar-refractivity contribution is 0.383. The zero-order valence-electron chi connectivity index (χ0n) is 11.0. The van der Waals surface area contributed by atoms with Crippen molar-refractivity contribution in [2.24, 2.45) is 5.73 Å². The average Bonchev–Trinajstić information content (AvgIpc) is 2.45. The van der Waals surface area contributed by atoms with E-state index in [1.807, 2.05) is 0 Å². The van der Waals surface area contributed by atoms with Crippen LogP contribution in [0.1, 0.15) is 11.6 Å². The molecule has 0 saturated heterocycles. The van der Waals surface area contributed by atoms with E-state index in [4.69, 9.17) is 10.5 Å². The minimum Gasteiger partial charge on any atom is -0.494 e. The van der Waals surface area contributed by atoms with Crippen molar-refractivity contribution in [1.82, 2.24) is 0 Å². The third-order valence-corrected chi connectivity index (χ3v) is 3.95. The van der Waals surface area contributed by atoms with E-state index in [0.29, 0.717) is 11.3 Å². The fourth-order valence-corrected chi connectivity index (χ4v) is 2.73. The molecule has 0 spiro atoms. The number of ether oxygens (including phenoxy) is 1. The molecule has 1 unspecified atom stereocenters. The molecule has 2 N–H and O–H groups in total. The molecular formula is C15H15F2NOS. The standard InChI is InChI=1S/C15H15F2NOS/c1-19-14-7-3-6-12(15(14)17)13(18)9-20-11-5-2-4-10(16)8-11/h2-8,13H,9,18H2,1H3. The monoisotopic (exact) mass is 295 g/mol. The summed E-state index contributed by atoms with van der Waals surface area (Å²) in [7, 11) is 1.41. The van der Waals surface area contributed by atoms with Gasteiger partial charge in [0, 0.05) is 22.3 Å². The number of hydrogen-bond acceptors (Lipinski definition) is 3. The van der Waals surface area contributed by atoms with Gasteiger partial charge < -0.3 is 10.5 Å². The van der Waals surface area contributed by atoms with E-state index in [1.165, 1.54) is 31.0 Å². The first-order valence-corrected chi connectivity index (χ1v) is 7.06. The van der Waals surface area contributed by atoms with Crippen LogP contribution >= 0.6 is 11.8 Å². The molecule has 0 heterocycles. The molecule has 2 aromatic carbocycles. The maximum atomic E-state index is 14.0. The molecular weight excluding hydrogens is 280 g/mol. The molecule has 5 heteroatoms. The Kier molecular flexibility index (Phi) is 4.98. The van der Waals surface area contributed by atoms with E-state index in [9.17, 15) is 8.78 Å². The van der Waals surface area contributed by atoms with Crippen molar-refractivity contribution in [3.8, 4) is 5.75 Å². The number of thioether (sulfide) groups is 1. The van der Waals surface area contributed by atoms with Crippen LogP contribution in [0.25, 0.3) is 0 Å². The van der Waals surface area contributed by atoms with E-state index >= 15 is 0 Å². The Balaban J connectivity index is 2.07. The van der Waals surface area contributed by atoms with Gasteiger partial charge in [-0.1, -0.05) is 18.2 Å². The van der Waals surface area contributed by atoms with Gasteiger partial charge in [-0.25, -0.2) is 8.78 Å². The van der Waals surface area contributed by atoms with Crippen LogP contribution in [0.2, 0.25) is 0 Å². The zero-order chi connectivity index (χ0) is 14.5. The lowest BCUT2D eigenvalue weighted by Crippen LogP contribution is -2.15. The third-order valence-electron chi connectivity index (χ3n) is 2.84. The van der Waals surface area contributed by atoms with Crippen molar-refractivity contribution in [2.45, 2.75) is 10.9 Å². The maximum absolute atomic E-state index is 14.0. The molecule has 2 nitrogen and oxygen atoms in total. The van der Waals surface area contributed by atoms with Gasteiger partial charge in [-0.15, -0.1) is 11.8 Å². The molecule has 0 bridgehead atoms. The van der Waals surface area contributed by atoms with Gasteiger partial charge in [0.2, 0.25) is 0 Å². The zero-order valence-corrected chi connectivity index (χ0v) is 11.8. The first-order chi connectivity index (χ1) is 9.61. The summed E-state index contributed by atoms with van der Waals surface area (Å²) >= 11 is 1.39. The molecule has 1 atom stereocenters. The number of methoxy groups -OCH3 is 1. The van der Waals surface area contributed by atoms with Gasteiger partial charge in [-0.3, -0.25) is 0 Å². The lowest BCUT2D eigenvalue weighted by atomic mass is 10.1. The van der Waals surface area contributed by atoms with Gasteiger partial charge in [0.05, 0.1) is 7.11 Å². The smallest absolute Gasteiger partial charge is 0.169 e. The summed E-state index contributed by atoms with van der Waals surface area (Å²) in [5, 5.41) is 0. The molecule has 0 radical (unpaired) electrons. The van der Waals surface area contributed by atoms with Crippen LogP contribution in [0.3, 0.4) is 0 Å². The fourth-order valence-electron chi connectivity index (χ4n) is 1.80. The van der Waals surface area contributed by atoms with Crippen molar-refractivity contribution >= 4 is 11.8 Å². The highest BCUT2D eigenvalue weighted by atomic mass is 32.2. The molecule has 0 aliphatic carbocycles. The second kappa shape index (κ2) is 6.72. The average molecular weight is 295 g/mol. The molecule has 0 aliphatic heterocycles. The molecule has 2 rings (SSSR count). The van der Waals surface area contributed by atoms with Crippen molar-refractivity contribution in [1.29, 1.82) is 0 Å². The topological polar surface area (TPSA) is 35.2 Å². The number of rotatable bonds is 5. The second-order valence-electron chi connectivity index (χ2n) is 4.24. The Bertz CT molecular complexity index is 592. The van der Waals surface area contributed by atoms with Crippen LogP contribution in [0.4, 0.5) is 8.78 Å². The third kappa shape index (κ3) is 3.49. The van der Waals surface area contributed by atoms with Crippen LogP contribution in [-0.2, 0) is 0 Å². The highest BCUT2D eigenvalue weighted by Gasteiger charge is 2.15. The summed E-state index contributed by atoms with van der Waals surface area (Å²) in [4.78, 5) is 0.767. The minimum absolute atomic E-state index is 0.175. The predicted octanol–water partition coefficient (Wildman–Crippen LogP) is 3.77.